The summed E-state index contributed by atoms with van der Waals surface area (Å²) in [5.74, 6) is 5.73. The number of anilines is 1. The highest BCUT2D eigenvalue weighted by atomic mass is 16.1. The van der Waals surface area contributed by atoms with Crippen molar-refractivity contribution in [1.82, 2.24) is 9.55 Å². The second-order valence-corrected chi connectivity index (χ2v) is 4.63. The van der Waals surface area contributed by atoms with E-state index in [9.17, 15) is 4.79 Å². The van der Waals surface area contributed by atoms with Crippen LogP contribution in [0.5, 0.6) is 0 Å². The third kappa shape index (κ3) is 4.48. The summed E-state index contributed by atoms with van der Waals surface area (Å²) in [5, 5.41) is 2.92. The number of hydrogen-bond donors (Lipinski definition) is 2. The summed E-state index contributed by atoms with van der Waals surface area (Å²) in [6.07, 6.45) is 5.62. The molecule has 0 aliphatic carbocycles. The van der Waals surface area contributed by atoms with E-state index in [1.54, 1.807) is 12.5 Å². The number of imidazole rings is 1. The Balaban J connectivity index is 1.99. The molecule has 0 bridgehead atoms. The molecule has 0 aliphatic rings. The van der Waals surface area contributed by atoms with Crippen molar-refractivity contribution in [2.75, 3.05) is 11.9 Å². The van der Waals surface area contributed by atoms with Gasteiger partial charge in [-0.05, 0) is 24.6 Å². The van der Waals surface area contributed by atoms with Crippen molar-refractivity contribution < 1.29 is 4.79 Å². The SMILES string of the molecule is Cc1ccc(C#CCN)cc1NC(=O)CCn1ccnc1. The fraction of sp³-hybridized carbons (Fsp3) is 0.250. The first-order chi connectivity index (χ1) is 10.2. The largest absolute Gasteiger partial charge is 0.337 e. The highest BCUT2D eigenvalue weighted by molar-refractivity contribution is 5.91. The third-order valence-electron chi connectivity index (χ3n) is 3.00. The lowest BCUT2D eigenvalue weighted by Gasteiger charge is -2.09. The van der Waals surface area contributed by atoms with Crippen molar-refractivity contribution in [3.8, 4) is 11.8 Å². The second-order valence-electron chi connectivity index (χ2n) is 4.63. The minimum absolute atomic E-state index is 0.0317. The summed E-state index contributed by atoms with van der Waals surface area (Å²) < 4.78 is 1.87. The van der Waals surface area contributed by atoms with E-state index in [0.717, 1.165) is 16.8 Å². The van der Waals surface area contributed by atoms with Crippen molar-refractivity contribution in [2.24, 2.45) is 5.73 Å². The summed E-state index contributed by atoms with van der Waals surface area (Å²) in [7, 11) is 0. The van der Waals surface area contributed by atoms with E-state index in [0.29, 0.717) is 19.5 Å². The maximum absolute atomic E-state index is 12.0. The summed E-state index contributed by atoms with van der Waals surface area (Å²) in [4.78, 5) is 15.9. The van der Waals surface area contributed by atoms with Crippen LogP contribution in [0.2, 0.25) is 0 Å². The second kappa shape index (κ2) is 7.27. The minimum Gasteiger partial charge on any atom is -0.337 e. The molecule has 1 amide bonds. The van der Waals surface area contributed by atoms with Crippen LogP contribution in [0.15, 0.2) is 36.9 Å². The van der Waals surface area contributed by atoms with E-state index in [4.69, 9.17) is 5.73 Å². The van der Waals surface area contributed by atoms with Crippen molar-refractivity contribution in [3.63, 3.8) is 0 Å². The molecule has 108 valence electrons. The molecule has 0 spiro atoms. The normalized spacial score (nSPS) is 9.81. The Labute approximate surface area is 124 Å². The van der Waals surface area contributed by atoms with Crippen LogP contribution in [0, 0.1) is 18.8 Å². The quantitative estimate of drug-likeness (QED) is 0.835. The molecule has 0 fully saturated rings. The molecular formula is C16H18N4O. The Kier molecular flexibility index (Phi) is 5.13. The van der Waals surface area contributed by atoms with E-state index in [-0.39, 0.29) is 5.91 Å². The molecule has 0 unspecified atom stereocenters. The fourth-order valence-corrected chi connectivity index (χ4v) is 1.85. The molecule has 0 atom stereocenters. The number of hydrogen-bond acceptors (Lipinski definition) is 3. The molecule has 1 aromatic carbocycles. The van der Waals surface area contributed by atoms with Crippen LogP contribution in [0.1, 0.15) is 17.5 Å². The van der Waals surface area contributed by atoms with E-state index in [2.05, 4.69) is 22.1 Å². The predicted octanol–water partition coefficient (Wildman–Crippen LogP) is 1.53. The maximum atomic E-state index is 12.0. The number of benzene rings is 1. The van der Waals surface area contributed by atoms with Gasteiger partial charge in [-0.15, -0.1) is 0 Å². The van der Waals surface area contributed by atoms with Gasteiger partial charge in [-0.1, -0.05) is 17.9 Å². The van der Waals surface area contributed by atoms with E-state index < -0.39 is 0 Å². The average Bonchev–Trinajstić information content (AvgIpc) is 2.99. The lowest BCUT2D eigenvalue weighted by atomic mass is 10.1. The van der Waals surface area contributed by atoms with Crippen LogP contribution < -0.4 is 11.1 Å². The number of nitrogens with zero attached hydrogens (tertiary/aromatic N) is 2. The number of carbonyl (C=O) groups excluding carboxylic acids is 1. The van der Waals surface area contributed by atoms with Gasteiger partial charge in [0.25, 0.3) is 0 Å². The molecule has 2 rings (SSSR count). The molecule has 0 radical (unpaired) electrons. The smallest absolute Gasteiger partial charge is 0.226 e. The molecule has 2 aromatic rings. The molecule has 0 saturated carbocycles. The number of nitrogens with one attached hydrogen (secondary N) is 1. The van der Waals surface area contributed by atoms with Gasteiger partial charge in [-0.3, -0.25) is 4.79 Å². The molecular weight excluding hydrogens is 264 g/mol. The van der Waals surface area contributed by atoms with E-state index >= 15 is 0 Å². The van der Waals surface area contributed by atoms with Gasteiger partial charge in [0.1, 0.15) is 0 Å². The highest BCUT2D eigenvalue weighted by Gasteiger charge is 2.05. The summed E-state index contributed by atoms with van der Waals surface area (Å²) >= 11 is 0. The standard InChI is InChI=1S/C16H18N4O/c1-13-4-5-14(3-2-7-17)11-15(13)19-16(21)6-9-20-10-8-18-12-20/h4-5,8,10-12H,6-7,9,17H2,1H3,(H,19,21). The highest BCUT2D eigenvalue weighted by Crippen LogP contribution is 2.16. The number of amides is 1. The molecule has 0 saturated heterocycles. The summed E-state index contributed by atoms with van der Waals surface area (Å²) in [5.41, 5.74) is 7.99. The topological polar surface area (TPSA) is 72.9 Å². The maximum Gasteiger partial charge on any atom is 0.226 e. The number of aryl methyl sites for hydroxylation is 2. The lowest BCUT2D eigenvalue weighted by molar-refractivity contribution is -0.116. The molecule has 1 aromatic heterocycles. The van der Waals surface area contributed by atoms with E-state index in [1.165, 1.54) is 0 Å². The predicted molar refractivity (Wildman–Crippen MR) is 82.6 cm³/mol. The number of nitrogens with two attached hydrogens (primary N) is 1. The van der Waals surface area contributed by atoms with Crippen LogP contribution in [0.25, 0.3) is 0 Å². The Morgan fingerprint density at radius 2 is 2.33 bits per heavy atom. The molecule has 1 heterocycles. The monoisotopic (exact) mass is 282 g/mol. The number of aromatic nitrogens is 2. The van der Waals surface area contributed by atoms with Crippen LogP contribution in [-0.4, -0.2) is 22.0 Å². The first-order valence-electron chi connectivity index (χ1n) is 6.74. The summed E-state index contributed by atoms with van der Waals surface area (Å²) in [6.45, 7) is 2.88. The minimum atomic E-state index is -0.0317. The zero-order chi connectivity index (χ0) is 15.1. The van der Waals surface area contributed by atoms with Crippen molar-refractivity contribution in [3.05, 3.63) is 48.0 Å². The van der Waals surface area contributed by atoms with E-state index in [1.807, 2.05) is 35.9 Å². The number of carbonyl (C=O) groups is 1. The Morgan fingerprint density at radius 1 is 1.48 bits per heavy atom. The molecule has 0 aliphatic heterocycles. The molecule has 21 heavy (non-hydrogen) atoms. The van der Waals surface area contributed by atoms with Crippen LogP contribution in [0.3, 0.4) is 0 Å². The first kappa shape index (κ1) is 14.8. The Morgan fingerprint density at radius 3 is 3.05 bits per heavy atom. The Bertz CT molecular complexity index is 665. The van der Waals surface area contributed by atoms with Gasteiger partial charge < -0.3 is 15.6 Å². The van der Waals surface area contributed by atoms with Crippen LogP contribution >= 0.6 is 0 Å². The van der Waals surface area contributed by atoms with Gasteiger partial charge in [0, 0.05) is 36.6 Å². The van der Waals surface area contributed by atoms with Crippen LogP contribution in [0.4, 0.5) is 5.69 Å². The first-order valence-corrected chi connectivity index (χ1v) is 6.74. The zero-order valence-electron chi connectivity index (χ0n) is 12.0. The van der Waals surface area contributed by atoms with Crippen molar-refractivity contribution in [1.29, 1.82) is 0 Å². The fourth-order valence-electron chi connectivity index (χ4n) is 1.85. The van der Waals surface area contributed by atoms with Gasteiger partial charge in [-0.25, -0.2) is 4.98 Å². The van der Waals surface area contributed by atoms with Gasteiger partial charge in [-0.2, -0.15) is 0 Å². The van der Waals surface area contributed by atoms with Crippen molar-refractivity contribution >= 4 is 11.6 Å². The van der Waals surface area contributed by atoms with Gasteiger partial charge in [0.05, 0.1) is 12.9 Å². The van der Waals surface area contributed by atoms with Gasteiger partial charge >= 0.3 is 0 Å². The molecule has 5 nitrogen and oxygen atoms in total. The van der Waals surface area contributed by atoms with Crippen molar-refractivity contribution in [2.45, 2.75) is 19.9 Å². The zero-order valence-corrected chi connectivity index (χ0v) is 12.0. The average molecular weight is 282 g/mol. The Hall–Kier alpha value is -2.58. The number of rotatable bonds is 4. The third-order valence-corrected chi connectivity index (χ3v) is 3.00. The van der Waals surface area contributed by atoms with Gasteiger partial charge in [0.2, 0.25) is 5.91 Å². The lowest BCUT2D eigenvalue weighted by Crippen LogP contribution is -2.14. The molecule has 5 heteroatoms. The molecule has 3 N–H and O–H groups in total. The van der Waals surface area contributed by atoms with Gasteiger partial charge in [0.15, 0.2) is 0 Å². The summed E-state index contributed by atoms with van der Waals surface area (Å²) in [6, 6.07) is 5.72. The van der Waals surface area contributed by atoms with Crippen LogP contribution in [-0.2, 0) is 11.3 Å².